The fourth-order valence-corrected chi connectivity index (χ4v) is 2.75. The van der Waals surface area contributed by atoms with E-state index in [1.165, 1.54) is 0 Å². The predicted octanol–water partition coefficient (Wildman–Crippen LogP) is 3.38. The van der Waals surface area contributed by atoms with E-state index >= 15 is 0 Å². The van der Waals surface area contributed by atoms with Gasteiger partial charge in [0.05, 0.1) is 12.2 Å². The van der Waals surface area contributed by atoms with Crippen LogP contribution in [-0.4, -0.2) is 25.2 Å². The van der Waals surface area contributed by atoms with E-state index in [1.807, 2.05) is 34.4 Å². The molecule has 0 aliphatic rings. The highest BCUT2D eigenvalue weighted by molar-refractivity contribution is 7.63. The summed E-state index contributed by atoms with van der Waals surface area (Å²) in [5.41, 5.74) is 0. The maximum atomic E-state index is 5.53. The molecule has 0 atom stereocenters. The molecule has 0 aromatic carbocycles. The highest BCUT2D eigenvalue weighted by Gasteiger charge is 2.12. The van der Waals surface area contributed by atoms with Gasteiger partial charge in [0.1, 0.15) is 7.34 Å². The van der Waals surface area contributed by atoms with Crippen LogP contribution in [0.3, 0.4) is 0 Å². The third-order valence-electron chi connectivity index (χ3n) is 0.868. The van der Waals surface area contributed by atoms with Gasteiger partial charge in [-0.25, -0.2) is 0 Å². The minimum atomic E-state index is -1.80. The first kappa shape index (κ1) is 14.7. The molecule has 0 aliphatic heterocycles. The first-order valence-electron chi connectivity index (χ1n) is 3.91. The Bertz CT molecular complexity index is 139. The standard InChI is InChI=1S/C8H19O2P.CH4/c1-7(2)9-11(5,6)10-8(3)4;/h7-8H,5H2,1-4,6H3;1H4. The summed E-state index contributed by atoms with van der Waals surface area (Å²) in [4.78, 5) is 0. The van der Waals surface area contributed by atoms with Gasteiger partial charge in [0, 0.05) is 6.66 Å². The minimum absolute atomic E-state index is 0. The summed E-state index contributed by atoms with van der Waals surface area (Å²) in [6.45, 7) is 9.91. The molecule has 2 nitrogen and oxygen atoms in total. The Morgan fingerprint density at radius 2 is 1.25 bits per heavy atom. The van der Waals surface area contributed by atoms with Crippen molar-refractivity contribution in [3.05, 3.63) is 0 Å². The molecule has 0 aromatic heterocycles. The molecule has 0 rings (SSSR count). The van der Waals surface area contributed by atoms with Crippen LogP contribution in [0.4, 0.5) is 0 Å². The van der Waals surface area contributed by atoms with E-state index in [9.17, 15) is 0 Å². The van der Waals surface area contributed by atoms with Crippen LogP contribution < -0.4 is 0 Å². The zero-order valence-electron chi connectivity index (χ0n) is 8.13. The van der Waals surface area contributed by atoms with Crippen LogP contribution >= 0.6 is 7.34 Å². The van der Waals surface area contributed by atoms with Gasteiger partial charge in [-0.05, 0) is 27.7 Å². The monoisotopic (exact) mass is 194 g/mol. The van der Waals surface area contributed by atoms with E-state index in [0.717, 1.165) is 0 Å². The van der Waals surface area contributed by atoms with Crippen LogP contribution in [0.1, 0.15) is 35.1 Å². The lowest BCUT2D eigenvalue weighted by atomic mass is 10.5. The molecule has 0 saturated heterocycles. The minimum Gasteiger partial charge on any atom is -0.335 e. The van der Waals surface area contributed by atoms with Gasteiger partial charge in [-0.2, -0.15) is 0 Å². The maximum absolute atomic E-state index is 5.53. The number of rotatable bonds is 4. The number of hydrogen-bond donors (Lipinski definition) is 0. The molecular weight excluding hydrogens is 171 g/mol. The summed E-state index contributed by atoms with van der Waals surface area (Å²) in [7, 11) is -1.80. The Labute approximate surface area is 77.4 Å². The van der Waals surface area contributed by atoms with Gasteiger partial charge in [0.15, 0.2) is 0 Å². The van der Waals surface area contributed by atoms with E-state index in [1.54, 1.807) is 0 Å². The Balaban J connectivity index is 0. The van der Waals surface area contributed by atoms with Crippen LogP contribution in [0.2, 0.25) is 0 Å². The average Bonchev–Trinajstić information content (AvgIpc) is 1.53. The van der Waals surface area contributed by atoms with E-state index in [2.05, 4.69) is 6.30 Å². The van der Waals surface area contributed by atoms with Crippen molar-refractivity contribution in [1.29, 1.82) is 0 Å². The van der Waals surface area contributed by atoms with Crippen molar-refractivity contribution in [1.82, 2.24) is 0 Å². The third kappa shape index (κ3) is 8.32. The van der Waals surface area contributed by atoms with Crippen molar-refractivity contribution in [2.24, 2.45) is 0 Å². The predicted molar refractivity (Wildman–Crippen MR) is 59.1 cm³/mol. The second kappa shape index (κ2) is 5.80. The summed E-state index contributed by atoms with van der Waals surface area (Å²) in [6, 6.07) is 0. The third-order valence-corrected chi connectivity index (χ3v) is 2.60. The molecule has 0 amide bonds. The fourth-order valence-electron chi connectivity index (χ4n) is 0.917. The topological polar surface area (TPSA) is 18.5 Å². The molecule has 3 heteroatoms. The number of hydrogen-bond acceptors (Lipinski definition) is 2. The molecule has 0 N–H and O–H groups in total. The Morgan fingerprint density at radius 1 is 1.00 bits per heavy atom. The quantitative estimate of drug-likeness (QED) is 0.639. The van der Waals surface area contributed by atoms with Crippen molar-refractivity contribution in [3.8, 4) is 0 Å². The Morgan fingerprint density at radius 3 is 1.42 bits per heavy atom. The smallest absolute Gasteiger partial charge is 0.115 e. The zero-order chi connectivity index (χ0) is 9.07. The molecule has 0 aromatic rings. The van der Waals surface area contributed by atoms with Crippen LogP contribution in [-0.2, 0) is 9.05 Å². The second-order valence-electron chi connectivity index (χ2n) is 3.32. The van der Waals surface area contributed by atoms with Gasteiger partial charge in [0.25, 0.3) is 0 Å². The highest BCUT2D eigenvalue weighted by atomic mass is 31.2. The van der Waals surface area contributed by atoms with Crippen LogP contribution in [0, 0.1) is 0 Å². The molecule has 0 saturated carbocycles. The first-order valence-corrected chi connectivity index (χ1v) is 6.17. The van der Waals surface area contributed by atoms with Crippen molar-refractivity contribution < 1.29 is 9.05 Å². The van der Waals surface area contributed by atoms with E-state index < -0.39 is 7.34 Å². The molecule has 0 aliphatic carbocycles. The lowest BCUT2D eigenvalue weighted by molar-refractivity contribution is 0.177. The summed E-state index contributed by atoms with van der Waals surface area (Å²) in [6.07, 6.45) is 4.31. The van der Waals surface area contributed by atoms with Gasteiger partial charge in [-0.3, -0.25) is 0 Å². The second-order valence-corrected chi connectivity index (χ2v) is 5.77. The lowest BCUT2D eigenvalue weighted by Crippen LogP contribution is -2.06. The van der Waals surface area contributed by atoms with Crippen LogP contribution in [0.5, 0.6) is 0 Å². The normalized spacial score (nSPS) is 11.9. The van der Waals surface area contributed by atoms with Gasteiger partial charge < -0.3 is 9.05 Å². The molecule has 0 bridgehead atoms. The zero-order valence-corrected chi connectivity index (χ0v) is 9.02. The van der Waals surface area contributed by atoms with Gasteiger partial charge >= 0.3 is 0 Å². The van der Waals surface area contributed by atoms with Crippen LogP contribution in [0.15, 0.2) is 0 Å². The SMILES string of the molecule is C.C=P(C)(OC(C)C)OC(C)C. The molecule has 76 valence electrons. The van der Waals surface area contributed by atoms with E-state index in [-0.39, 0.29) is 19.6 Å². The van der Waals surface area contributed by atoms with Gasteiger partial charge in [0.2, 0.25) is 0 Å². The van der Waals surface area contributed by atoms with E-state index in [4.69, 9.17) is 9.05 Å². The average molecular weight is 194 g/mol. The van der Waals surface area contributed by atoms with Gasteiger partial charge in [-0.1, -0.05) is 13.7 Å². The summed E-state index contributed by atoms with van der Waals surface area (Å²) in [5.74, 6) is 0. The van der Waals surface area contributed by atoms with Crippen molar-refractivity contribution in [2.45, 2.75) is 47.3 Å². The molecule has 0 heterocycles. The Hall–Kier alpha value is 0.220. The van der Waals surface area contributed by atoms with Crippen LogP contribution in [0.25, 0.3) is 0 Å². The summed E-state index contributed by atoms with van der Waals surface area (Å²) >= 11 is 0. The fraction of sp³-hybridized carbons (Fsp3) is 0.889. The van der Waals surface area contributed by atoms with Crippen molar-refractivity contribution in [2.75, 3.05) is 6.66 Å². The highest BCUT2D eigenvalue weighted by Crippen LogP contribution is 2.45. The van der Waals surface area contributed by atoms with Crippen molar-refractivity contribution in [3.63, 3.8) is 0 Å². The molecule has 0 radical (unpaired) electrons. The molecular formula is C9H23O2P. The molecule has 12 heavy (non-hydrogen) atoms. The molecule has 0 spiro atoms. The lowest BCUT2D eigenvalue weighted by Gasteiger charge is -2.24. The van der Waals surface area contributed by atoms with E-state index in [0.29, 0.717) is 0 Å². The van der Waals surface area contributed by atoms with Gasteiger partial charge in [-0.15, -0.1) is 0 Å². The summed E-state index contributed by atoms with van der Waals surface area (Å²) < 4.78 is 11.1. The largest absolute Gasteiger partial charge is 0.335 e. The Kier molecular flexibility index (Phi) is 7.11. The maximum Gasteiger partial charge on any atom is 0.115 e. The first-order chi connectivity index (χ1) is 4.83. The molecule has 0 unspecified atom stereocenters. The molecule has 0 fully saturated rings. The van der Waals surface area contributed by atoms with Crippen molar-refractivity contribution >= 4 is 13.6 Å². The summed E-state index contributed by atoms with van der Waals surface area (Å²) in [5, 5.41) is 0.